The molecule has 0 saturated heterocycles. The van der Waals surface area contributed by atoms with Crippen LogP contribution in [0.15, 0.2) is 58.2 Å². The standard InChI is InChI=1S/C22H22N4O2/c1-13-9-10-17(28-13)19-18-15(11-22(2,3)12-16(18)27)23-21-24-20(25-26(19)21)14-7-5-4-6-8-14/h4-10,19H,11-12H2,1-3H3,(H,23,24,25). The van der Waals surface area contributed by atoms with Crippen molar-refractivity contribution in [3.8, 4) is 11.4 Å². The molecule has 1 aliphatic carbocycles. The quantitative estimate of drug-likeness (QED) is 0.715. The number of carbonyl (C=O) groups is 1. The molecule has 6 heteroatoms. The molecule has 0 amide bonds. The van der Waals surface area contributed by atoms with Crippen LogP contribution in [0.25, 0.3) is 11.4 Å². The first-order valence-corrected chi connectivity index (χ1v) is 9.53. The maximum atomic E-state index is 13.1. The molecule has 3 heterocycles. The maximum absolute atomic E-state index is 13.1. The number of hydrogen-bond acceptors (Lipinski definition) is 5. The summed E-state index contributed by atoms with van der Waals surface area (Å²) in [5.41, 5.74) is 2.52. The number of anilines is 1. The first-order valence-electron chi connectivity index (χ1n) is 9.53. The average Bonchev–Trinajstić information content (AvgIpc) is 3.25. The van der Waals surface area contributed by atoms with E-state index in [9.17, 15) is 4.79 Å². The Hall–Kier alpha value is -3.15. The molecule has 1 unspecified atom stereocenters. The van der Waals surface area contributed by atoms with Gasteiger partial charge < -0.3 is 9.73 Å². The van der Waals surface area contributed by atoms with Gasteiger partial charge in [-0.15, -0.1) is 5.10 Å². The van der Waals surface area contributed by atoms with Crippen LogP contribution >= 0.6 is 0 Å². The van der Waals surface area contributed by atoms with Crippen molar-refractivity contribution in [2.75, 3.05) is 5.32 Å². The van der Waals surface area contributed by atoms with Crippen LogP contribution in [0.1, 0.15) is 44.3 Å². The molecule has 0 saturated carbocycles. The minimum atomic E-state index is -0.395. The van der Waals surface area contributed by atoms with Crippen molar-refractivity contribution in [1.29, 1.82) is 0 Å². The Morgan fingerprint density at radius 1 is 1.14 bits per heavy atom. The normalized spacial score (nSPS) is 20.5. The van der Waals surface area contributed by atoms with Gasteiger partial charge in [0.05, 0.1) is 0 Å². The molecule has 0 bridgehead atoms. The average molecular weight is 374 g/mol. The summed E-state index contributed by atoms with van der Waals surface area (Å²) < 4.78 is 7.73. The van der Waals surface area contributed by atoms with Crippen LogP contribution in [0.5, 0.6) is 0 Å². The second-order valence-electron chi connectivity index (χ2n) is 8.38. The Morgan fingerprint density at radius 3 is 2.64 bits per heavy atom. The van der Waals surface area contributed by atoms with Crippen molar-refractivity contribution in [3.05, 3.63) is 65.3 Å². The number of furan rings is 1. The fourth-order valence-corrected chi connectivity index (χ4v) is 4.18. The van der Waals surface area contributed by atoms with E-state index in [0.717, 1.165) is 29.0 Å². The van der Waals surface area contributed by atoms with Gasteiger partial charge in [0.2, 0.25) is 5.95 Å². The summed E-state index contributed by atoms with van der Waals surface area (Å²) in [5, 5.41) is 8.13. The predicted molar refractivity (Wildman–Crippen MR) is 106 cm³/mol. The molecule has 3 aromatic rings. The van der Waals surface area contributed by atoms with Gasteiger partial charge in [-0.25, -0.2) is 4.68 Å². The molecular weight excluding hydrogens is 352 g/mol. The van der Waals surface area contributed by atoms with Crippen molar-refractivity contribution in [2.24, 2.45) is 5.41 Å². The zero-order valence-electron chi connectivity index (χ0n) is 16.2. The third-order valence-corrected chi connectivity index (χ3v) is 5.39. The lowest BCUT2D eigenvalue weighted by Gasteiger charge is -2.37. The van der Waals surface area contributed by atoms with E-state index in [1.54, 1.807) is 4.68 Å². The summed E-state index contributed by atoms with van der Waals surface area (Å²) in [5.74, 6) is 2.93. The molecule has 1 atom stereocenters. The van der Waals surface area contributed by atoms with Crippen LogP contribution in [0.3, 0.4) is 0 Å². The highest BCUT2D eigenvalue weighted by atomic mass is 16.3. The Morgan fingerprint density at radius 2 is 1.93 bits per heavy atom. The number of aryl methyl sites for hydroxylation is 1. The SMILES string of the molecule is Cc1ccc(C2C3=C(CC(C)(C)CC3=O)Nc3nc(-c4ccccc4)nn32)o1. The third kappa shape index (κ3) is 2.68. The van der Waals surface area contributed by atoms with Gasteiger partial charge in [0.1, 0.15) is 17.6 Å². The van der Waals surface area contributed by atoms with Crippen LogP contribution in [-0.4, -0.2) is 20.5 Å². The minimum Gasteiger partial charge on any atom is -0.464 e. The van der Waals surface area contributed by atoms with Crippen molar-refractivity contribution >= 4 is 11.7 Å². The fourth-order valence-electron chi connectivity index (χ4n) is 4.18. The monoisotopic (exact) mass is 374 g/mol. The maximum Gasteiger partial charge on any atom is 0.227 e. The number of rotatable bonds is 2. The number of benzene rings is 1. The van der Waals surface area contributed by atoms with E-state index in [1.165, 1.54) is 0 Å². The van der Waals surface area contributed by atoms with E-state index >= 15 is 0 Å². The van der Waals surface area contributed by atoms with Gasteiger partial charge in [0.25, 0.3) is 0 Å². The van der Waals surface area contributed by atoms with Gasteiger partial charge in [0.15, 0.2) is 11.6 Å². The van der Waals surface area contributed by atoms with E-state index in [2.05, 4.69) is 19.2 Å². The predicted octanol–water partition coefficient (Wildman–Crippen LogP) is 4.50. The summed E-state index contributed by atoms with van der Waals surface area (Å²) in [7, 11) is 0. The number of Topliss-reactive ketones (excluding diaryl/α,β-unsaturated/α-hetero) is 1. The molecule has 2 aliphatic rings. The highest BCUT2D eigenvalue weighted by molar-refractivity contribution is 6.00. The zero-order chi connectivity index (χ0) is 19.5. The highest BCUT2D eigenvalue weighted by Gasteiger charge is 2.43. The lowest BCUT2D eigenvalue weighted by Crippen LogP contribution is -2.36. The van der Waals surface area contributed by atoms with Gasteiger partial charge in [-0.05, 0) is 30.9 Å². The molecular formula is C22H22N4O2. The van der Waals surface area contributed by atoms with Gasteiger partial charge >= 0.3 is 0 Å². The van der Waals surface area contributed by atoms with Crippen molar-refractivity contribution in [3.63, 3.8) is 0 Å². The lowest BCUT2D eigenvalue weighted by molar-refractivity contribution is -0.118. The molecule has 1 aromatic carbocycles. The van der Waals surface area contributed by atoms with E-state index in [-0.39, 0.29) is 11.2 Å². The molecule has 28 heavy (non-hydrogen) atoms. The molecule has 6 nitrogen and oxygen atoms in total. The number of allylic oxidation sites excluding steroid dienone is 2. The molecule has 1 N–H and O–H groups in total. The number of ketones is 1. The van der Waals surface area contributed by atoms with E-state index in [1.807, 2.05) is 49.4 Å². The zero-order valence-corrected chi connectivity index (χ0v) is 16.2. The minimum absolute atomic E-state index is 0.0863. The van der Waals surface area contributed by atoms with Crippen LogP contribution in [0.2, 0.25) is 0 Å². The summed E-state index contributed by atoms with van der Waals surface area (Å²) in [4.78, 5) is 17.8. The Balaban J connectivity index is 1.68. The van der Waals surface area contributed by atoms with Crippen molar-refractivity contribution < 1.29 is 9.21 Å². The summed E-state index contributed by atoms with van der Waals surface area (Å²) in [6.07, 6.45) is 1.30. The Bertz CT molecular complexity index is 1100. The number of nitrogens with zero attached hydrogens (tertiary/aromatic N) is 3. The van der Waals surface area contributed by atoms with E-state index in [4.69, 9.17) is 14.5 Å². The highest BCUT2D eigenvalue weighted by Crippen LogP contribution is 2.45. The van der Waals surface area contributed by atoms with Crippen LogP contribution in [0, 0.1) is 12.3 Å². The van der Waals surface area contributed by atoms with Crippen molar-refractivity contribution in [1.82, 2.24) is 14.8 Å². The van der Waals surface area contributed by atoms with Crippen LogP contribution < -0.4 is 5.32 Å². The summed E-state index contributed by atoms with van der Waals surface area (Å²) in [6, 6.07) is 13.3. The first-order chi connectivity index (χ1) is 13.4. The molecule has 1 aliphatic heterocycles. The second kappa shape index (κ2) is 5.92. The summed E-state index contributed by atoms with van der Waals surface area (Å²) >= 11 is 0. The summed E-state index contributed by atoms with van der Waals surface area (Å²) in [6.45, 7) is 6.15. The number of carbonyl (C=O) groups excluding carboxylic acids is 1. The first kappa shape index (κ1) is 17.0. The van der Waals surface area contributed by atoms with E-state index < -0.39 is 6.04 Å². The largest absolute Gasteiger partial charge is 0.464 e. The third-order valence-electron chi connectivity index (χ3n) is 5.39. The lowest BCUT2D eigenvalue weighted by atomic mass is 9.73. The molecule has 2 aromatic heterocycles. The molecule has 0 fully saturated rings. The van der Waals surface area contributed by atoms with Crippen LogP contribution in [-0.2, 0) is 4.79 Å². The van der Waals surface area contributed by atoms with Crippen LogP contribution in [0.4, 0.5) is 5.95 Å². The molecule has 0 radical (unpaired) electrons. The van der Waals surface area contributed by atoms with Crippen molar-refractivity contribution in [2.45, 2.75) is 39.7 Å². The van der Waals surface area contributed by atoms with E-state index in [0.29, 0.717) is 24.0 Å². The topological polar surface area (TPSA) is 73.0 Å². The van der Waals surface area contributed by atoms with Gasteiger partial charge in [0, 0.05) is 23.3 Å². The number of hydrogen-bond donors (Lipinski definition) is 1. The van der Waals surface area contributed by atoms with Gasteiger partial charge in [-0.3, -0.25) is 4.79 Å². The molecule has 5 rings (SSSR count). The second-order valence-corrected chi connectivity index (χ2v) is 8.38. The van der Waals surface area contributed by atoms with Gasteiger partial charge in [-0.1, -0.05) is 44.2 Å². The smallest absolute Gasteiger partial charge is 0.227 e. The molecule has 142 valence electrons. The van der Waals surface area contributed by atoms with Gasteiger partial charge in [-0.2, -0.15) is 4.98 Å². The number of nitrogens with one attached hydrogen (secondary N) is 1. The fraction of sp³-hybridized carbons (Fsp3) is 0.318. The molecule has 0 spiro atoms. The Labute approximate surface area is 163 Å². The number of fused-ring (bicyclic) bond motifs is 1. The number of aromatic nitrogens is 3. The Kier molecular flexibility index (Phi) is 3.59.